The van der Waals surface area contributed by atoms with Crippen LogP contribution in [0, 0.1) is 5.92 Å². The Bertz CT molecular complexity index is 660. The number of carbonyl (C=O) groups excluding carboxylic acids is 1. The Morgan fingerprint density at radius 2 is 1.52 bits per heavy atom. The van der Waals surface area contributed by atoms with Crippen molar-refractivity contribution >= 4 is 17.9 Å². The second kappa shape index (κ2) is 9.50. The molecule has 0 aliphatic heterocycles. The van der Waals surface area contributed by atoms with E-state index in [1.165, 1.54) is 0 Å². The van der Waals surface area contributed by atoms with E-state index in [1.807, 2.05) is 13.8 Å². The van der Waals surface area contributed by atoms with Gasteiger partial charge in [-0.1, -0.05) is 26.0 Å². The van der Waals surface area contributed by atoms with Crippen LogP contribution in [0.4, 0.5) is 0 Å². The number of carboxylic acids is 2. The maximum absolute atomic E-state index is 12.0. The monoisotopic (exact) mass is 379 g/mol. The van der Waals surface area contributed by atoms with E-state index in [9.17, 15) is 24.6 Å². The highest BCUT2D eigenvalue weighted by molar-refractivity contribution is 5.89. The predicted molar refractivity (Wildman–Crippen MR) is 101 cm³/mol. The van der Waals surface area contributed by atoms with Crippen LogP contribution in [0.3, 0.4) is 0 Å². The number of benzene rings is 1. The summed E-state index contributed by atoms with van der Waals surface area (Å²) in [5.41, 5.74) is 0.448. The van der Waals surface area contributed by atoms with Crippen LogP contribution >= 0.6 is 0 Å². The van der Waals surface area contributed by atoms with Crippen molar-refractivity contribution < 1.29 is 29.3 Å². The van der Waals surface area contributed by atoms with Gasteiger partial charge in [-0.25, -0.2) is 4.79 Å². The number of nitrogens with one attached hydrogen (secondary N) is 1. The fraction of sp³-hybridized carbons (Fsp3) is 0.550. The number of ether oxygens (including phenoxy) is 1. The van der Waals surface area contributed by atoms with E-state index in [4.69, 9.17) is 4.74 Å². The van der Waals surface area contributed by atoms with Gasteiger partial charge in [-0.05, 0) is 57.2 Å². The zero-order chi connectivity index (χ0) is 20.8. The molecule has 0 fully saturated rings. The van der Waals surface area contributed by atoms with E-state index >= 15 is 0 Å². The Kier molecular flexibility index (Phi) is 7.97. The third kappa shape index (κ3) is 8.21. The van der Waals surface area contributed by atoms with Crippen LogP contribution in [-0.2, 0) is 20.7 Å². The molecule has 7 nitrogen and oxygen atoms in total. The van der Waals surface area contributed by atoms with Crippen molar-refractivity contribution in [1.82, 2.24) is 5.32 Å². The van der Waals surface area contributed by atoms with E-state index in [1.54, 1.807) is 45.0 Å². The summed E-state index contributed by atoms with van der Waals surface area (Å²) in [4.78, 5) is 35.0. The van der Waals surface area contributed by atoms with Crippen LogP contribution in [0.5, 0.6) is 0 Å². The van der Waals surface area contributed by atoms with E-state index in [0.717, 1.165) is 0 Å². The first-order valence-electron chi connectivity index (χ1n) is 8.93. The molecule has 0 aliphatic carbocycles. The molecule has 1 aromatic carbocycles. The van der Waals surface area contributed by atoms with Crippen LogP contribution in [0.15, 0.2) is 24.3 Å². The summed E-state index contributed by atoms with van der Waals surface area (Å²) in [6, 6.07) is 4.46. The largest absolute Gasteiger partial charge is 0.480 e. The Morgan fingerprint density at radius 1 is 1.00 bits per heavy atom. The van der Waals surface area contributed by atoms with Gasteiger partial charge in [0.15, 0.2) is 0 Å². The summed E-state index contributed by atoms with van der Waals surface area (Å²) in [7, 11) is 0. The average molecular weight is 379 g/mol. The van der Waals surface area contributed by atoms with Gasteiger partial charge in [0.05, 0.1) is 5.56 Å². The number of rotatable bonds is 9. The summed E-state index contributed by atoms with van der Waals surface area (Å²) >= 11 is 0. The molecule has 3 N–H and O–H groups in total. The van der Waals surface area contributed by atoms with Gasteiger partial charge >= 0.3 is 17.9 Å². The predicted octanol–water partition coefficient (Wildman–Crippen LogP) is 2.73. The molecular weight excluding hydrogens is 350 g/mol. The first-order valence-corrected chi connectivity index (χ1v) is 8.93. The molecular formula is C20H29NO6. The van der Waals surface area contributed by atoms with Gasteiger partial charge in [-0.15, -0.1) is 0 Å². The SMILES string of the molecule is CC(C)CC(NC(Cc1ccc(C(=O)OC(C)(C)C)cc1)C(=O)O)C(=O)O. The zero-order valence-electron chi connectivity index (χ0n) is 16.5. The third-order valence-corrected chi connectivity index (χ3v) is 3.73. The molecule has 0 aliphatic rings. The van der Waals surface area contributed by atoms with Crippen molar-refractivity contribution in [3.63, 3.8) is 0 Å². The fourth-order valence-electron chi connectivity index (χ4n) is 2.52. The second-order valence-electron chi connectivity index (χ2n) is 7.98. The highest BCUT2D eigenvalue weighted by atomic mass is 16.6. The quantitative estimate of drug-likeness (QED) is 0.565. The Hall–Kier alpha value is -2.41. The number of esters is 1. The van der Waals surface area contributed by atoms with Crippen LogP contribution in [0.2, 0.25) is 0 Å². The van der Waals surface area contributed by atoms with E-state index in [0.29, 0.717) is 17.5 Å². The zero-order valence-corrected chi connectivity index (χ0v) is 16.5. The van der Waals surface area contributed by atoms with Gasteiger partial charge in [0.1, 0.15) is 17.7 Å². The van der Waals surface area contributed by atoms with Crippen molar-refractivity contribution in [3.05, 3.63) is 35.4 Å². The molecule has 0 amide bonds. The van der Waals surface area contributed by atoms with E-state index < -0.39 is 35.6 Å². The van der Waals surface area contributed by atoms with Gasteiger partial charge in [-0.2, -0.15) is 0 Å². The first-order chi connectivity index (χ1) is 12.4. The average Bonchev–Trinajstić information content (AvgIpc) is 2.51. The lowest BCUT2D eigenvalue weighted by Crippen LogP contribution is -2.48. The van der Waals surface area contributed by atoms with Crippen molar-refractivity contribution in [2.24, 2.45) is 5.92 Å². The van der Waals surface area contributed by atoms with Gasteiger partial charge in [0.25, 0.3) is 0 Å². The van der Waals surface area contributed by atoms with Crippen LogP contribution in [0.1, 0.15) is 57.0 Å². The standard InChI is InChI=1S/C20H29NO6/c1-12(2)10-15(17(22)23)21-16(18(24)25)11-13-6-8-14(9-7-13)19(26)27-20(3,4)5/h6-9,12,15-16,21H,10-11H2,1-5H3,(H,22,23)(H,24,25). The van der Waals surface area contributed by atoms with Crippen LogP contribution in [0.25, 0.3) is 0 Å². The van der Waals surface area contributed by atoms with Crippen molar-refractivity contribution in [3.8, 4) is 0 Å². The number of carbonyl (C=O) groups is 3. The lowest BCUT2D eigenvalue weighted by molar-refractivity contribution is -0.142. The Labute approximate surface area is 159 Å². The second-order valence-corrected chi connectivity index (χ2v) is 7.98. The molecule has 150 valence electrons. The number of aliphatic carboxylic acids is 2. The number of carboxylic acid groups (broad SMARTS) is 2. The Balaban J connectivity index is 2.84. The molecule has 0 saturated heterocycles. The van der Waals surface area contributed by atoms with Crippen molar-refractivity contribution in [1.29, 1.82) is 0 Å². The summed E-state index contributed by atoms with van der Waals surface area (Å²) in [6.07, 6.45) is 0.433. The molecule has 7 heteroatoms. The maximum Gasteiger partial charge on any atom is 0.338 e. The molecule has 2 unspecified atom stereocenters. The highest BCUT2D eigenvalue weighted by Crippen LogP contribution is 2.14. The first kappa shape index (κ1) is 22.6. The molecule has 1 aromatic rings. The van der Waals surface area contributed by atoms with Crippen molar-refractivity contribution in [2.45, 2.75) is 65.1 Å². The van der Waals surface area contributed by atoms with Crippen LogP contribution in [-0.4, -0.2) is 45.8 Å². The third-order valence-electron chi connectivity index (χ3n) is 3.73. The number of hydrogen-bond acceptors (Lipinski definition) is 5. The topological polar surface area (TPSA) is 113 Å². The molecule has 0 radical (unpaired) electrons. The summed E-state index contributed by atoms with van der Waals surface area (Å²) in [5.74, 6) is -2.54. The minimum Gasteiger partial charge on any atom is -0.480 e. The van der Waals surface area contributed by atoms with E-state index in [-0.39, 0.29) is 12.3 Å². The summed E-state index contributed by atoms with van der Waals surface area (Å²) in [5, 5.41) is 21.5. The van der Waals surface area contributed by atoms with Crippen molar-refractivity contribution in [2.75, 3.05) is 0 Å². The lowest BCUT2D eigenvalue weighted by Gasteiger charge is -2.22. The lowest BCUT2D eigenvalue weighted by atomic mass is 10.00. The fourth-order valence-corrected chi connectivity index (χ4v) is 2.52. The van der Waals surface area contributed by atoms with Gasteiger partial charge < -0.3 is 14.9 Å². The van der Waals surface area contributed by atoms with Crippen LogP contribution < -0.4 is 5.32 Å². The smallest absolute Gasteiger partial charge is 0.338 e. The molecule has 2 atom stereocenters. The maximum atomic E-state index is 12.0. The summed E-state index contributed by atoms with van der Waals surface area (Å²) < 4.78 is 5.29. The Morgan fingerprint density at radius 3 is 1.93 bits per heavy atom. The van der Waals surface area contributed by atoms with Gasteiger partial charge in [0, 0.05) is 0 Å². The molecule has 0 spiro atoms. The molecule has 0 heterocycles. The van der Waals surface area contributed by atoms with Gasteiger partial charge in [0.2, 0.25) is 0 Å². The molecule has 0 saturated carbocycles. The molecule has 0 bridgehead atoms. The minimum absolute atomic E-state index is 0.103. The summed E-state index contributed by atoms with van der Waals surface area (Å²) in [6.45, 7) is 9.08. The van der Waals surface area contributed by atoms with Gasteiger partial charge in [-0.3, -0.25) is 14.9 Å². The highest BCUT2D eigenvalue weighted by Gasteiger charge is 2.27. The minimum atomic E-state index is -1.12. The molecule has 27 heavy (non-hydrogen) atoms. The number of hydrogen-bond donors (Lipinski definition) is 3. The molecule has 0 aromatic heterocycles. The normalized spacial score (nSPS) is 13.9. The van der Waals surface area contributed by atoms with E-state index in [2.05, 4.69) is 5.32 Å². The molecule has 1 rings (SSSR count).